The lowest BCUT2D eigenvalue weighted by molar-refractivity contribution is 0.534. The van der Waals surface area contributed by atoms with E-state index in [-0.39, 0.29) is 6.04 Å². The van der Waals surface area contributed by atoms with Gasteiger partial charge in [0.15, 0.2) is 5.82 Å². The van der Waals surface area contributed by atoms with Crippen molar-refractivity contribution in [2.24, 2.45) is 7.05 Å². The number of aromatic nitrogens is 5. The van der Waals surface area contributed by atoms with Gasteiger partial charge in [0, 0.05) is 18.7 Å². The minimum atomic E-state index is 0.288. The van der Waals surface area contributed by atoms with Crippen molar-refractivity contribution in [3.63, 3.8) is 0 Å². The molecule has 0 aliphatic heterocycles. The molecule has 98 valence electrons. The number of imidazole rings is 1. The highest BCUT2D eigenvalue weighted by atomic mass is 15.4. The first-order valence-electron chi connectivity index (χ1n) is 6.41. The molecular formula is C14H17N5. The van der Waals surface area contributed by atoms with Crippen molar-refractivity contribution in [1.82, 2.24) is 24.3 Å². The fourth-order valence-electron chi connectivity index (χ4n) is 2.26. The van der Waals surface area contributed by atoms with E-state index in [9.17, 15) is 0 Å². The van der Waals surface area contributed by atoms with Gasteiger partial charge in [-0.3, -0.25) is 0 Å². The quantitative estimate of drug-likeness (QED) is 0.707. The first kappa shape index (κ1) is 11.9. The summed E-state index contributed by atoms with van der Waals surface area (Å²) < 4.78 is 3.97. The summed E-state index contributed by atoms with van der Waals surface area (Å²) in [6, 6.07) is 6.51. The molecule has 0 atom stereocenters. The van der Waals surface area contributed by atoms with Crippen LogP contribution in [0, 0.1) is 6.92 Å². The summed E-state index contributed by atoms with van der Waals surface area (Å²) in [7, 11) is 2.00. The van der Waals surface area contributed by atoms with Gasteiger partial charge in [0.05, 0.1) is 17.4 Å². The van der Waals surface area contributed by atoms with Crippen molar-refractivity contribution in [3.8, 4) is 11.4 Å². The van der Waals surface area contributed by atoms with Gasteiger partial charge in [-0.15, -0.1) is 0 Å². The van der Waals surface area contributed by atoms with Crippen LogP contribution in [0.5, 0.6) is 0 Å². The van der Waals surface area contributed by atoms with E-state index < -0.39 is 0 Å². The zero-order valence-electron chi connectivity index (χ0n) is 11.6. The molecule has 5 nitrogen and oxygen atoms in total. The Bertz CT molecular complexity index is 735. The predicted molar refractivity (Wildman–Crippen MR) is 74.9 cm³/mol. The van der Waals surface area contributed by atoms with Gasteiger partial charge in [-0.25, -0.2) is 14.6 Å². The SMILES string of the molecule is Cc1nc(-c2ccc3c(c2)ncn3C)n(C(C)C)n1. The Hall–Kier alpha value is -2.17. The molecule has 0 saturated carbocycles. The van der Waals surface area contributed by atoms with E-state index in [0.29, 0.717) is 0 Å². The van der Waals surface area contributed by atoms with Crippen molar-refractivity contribution in [1.29, 1.82) is 0 Å². The van der Waals surface area contributed by atoms with Crippen LogP contribution >= 0.6 is 0 Å². The number of fused-ring (bicyclic) bond motifs is 1. The van der Waals surface area contributed by atoms with Gasteiger partial charge >= 0.3 is 0 Å². The molecule has 0 unspecified atom stereocenters. The van der Waals surface area contributed by atoms with E-state index in [1.807, 2.05) is 29.5 Å². The van der Waals surface area contributed by atoms with Crippen molar-refractivity contribution in [2.75, 3.05) is 0 Å². The number of hydrogen-bond acceptors (Lipinski definition) is 3. The highest BCUT2D eigenvalue weighted by Gasteiger charge is 2.13. The predicted octanol–water partition coefficient (Wildman–Crippen LogP) is 2.72. The standard InChI is InChI=1S/C14H17N5/c1-9(2)19-14(16-10(3)17-19)11-5-6-13-12(7-11)15-8-18(13)4/h5-9H,1-4H3. The van der Waals surface area contributed by atoms with Crippen LogP contribution in [-0.4, -0.2) is 24.3 Å². The zero-order valence-corrected chi connectivity index (χ0v) is 11.6. The summed E-state index contributed by atoms with van der Waals surface area (Å²) in [5.41, 5.74) is 3.16. The second-order valence-electron chi connectivity index (χ2n) is 5.08. The van der Waals surface area contributed by atoms with Gasteiger partial charge in [0.2, 0.25) is 0 Å². The smallest absolute Gasteiger partial charge is 0.158 e. The monoisotopic (exact) mass is 255 g/mol. The fourth-order valence-corrected chi connectivity index (χ4v) is 2.26. The van der Waals surface area contributed by atoms with Crippen LogP contribution in [0.2, 0.25) is 0 Å². The average Bonchev–Trinajstić information content (AvgIpc) is 2.93. The maximum atomic E-state index is 4.53. The molecule has 0 N–H and O–H groups in total. The van der Waals surface area contributed by atoms with Crippen molar-refractivity contribution < 1.29 is 0 Å². The minimum Gasteiger partial charge on any atom is -0.334 e. The van der Waals surface area contributed by atoms with Gasteiger partial charge in [-0.05, 0) is 39.0 Å². The van der Waals surface area contributed by atoms with Crippen molar-refractivity contribution in [2.45, 2.75) is 26.8 Å². The summed E-state index contributed by atoms with van der Waals surface area (Å²) in [5.74, 6) is 1.70. The van der Waals surface area contributed by atoms with Gasteiger partial charge < -0.3 is 4.57 Å². The maximum absolute atomic E-state index is 4.53. The van der Waals surface area contributed by atoms with Crippen LogP contribution in [0.4, 0.5) is 0 Å². The summed E-state index contributed by atoms with van der Waals surface area (Å²) in [5, 5.41) is 4.45. The van der Waals surface area contributed by atoms with Crippen molar-refractivity contribution in [3.05, 3.63) is 30.4 Å². The Morgan fingerprint density at radius 1 is 1.21 bits per heavy atom. The van der Waals surface area contributed by atoms with Crippen LogP contribution in [0.3, 0.4) is 0 Å². The summed E-state index contributed by atoms with van der Waals surface area (Å²) in [6.07, 6.45) is 1.83. The number of nitrogens with zero attached hydrogens (tertiary/aromatic N) is 5. The molecule has 0 fully saturated rings. The van der Waals surface area contributed by atoms with Crippen LogP contribution < -0.4 is 0 Å². The molecule has 0 bridgehead atoms. The third-order valence-electron chi connectivity index (χ3n) is 3.21. The summed E-state index contributed by atoms with van der Waals surface area (Å²) >= 11 is 0. The maximum Gasteiger partial charge on any atom is 0.158 e. The molecule has 3 rings (SSSR count). The van der Waals surface area contributed by atoms with Crippen LogP contribution in [0.15, 0.2) is 24.5 Å². The third kappa shape index (κ3) is 1.91. The van der Waals surface area contributed by atoms with E-state index in [2.05, 4.69) is 47.1 Å². The molecule has 0 amide bonds. The lowest BCUT2D eigenvalue weighted by Gasteiger charge is -2.09. The Kier molecular flexibility index (Phi) is 2.62. The Morgan fingerprint density at radius 3 is 2.74 bits per heavy atom. The molecule has 0 spiro atoms. The molecule has 2 aromatic heterocycles. The number of hydrogen-bond donors (Lipinski definition) is 0. The molecule has 19 heavy (non-hydrogen) atoms. The molecule has 0 radical (unpaired) electrons. The molecule has 0 aliphatic rings. The highest BCUT2D eigenvalue weighted by Crippen LogP contribution is 2.24. The minimum absolute atomic E-state index is 0.288. The average molecular weight is 255 g/mol. The van der Waals surface area contributed by atoms with E-state index in [1.54, 1.807) is 0 Å². The van der Waals surface area contributed by atoms with E-state index in [0.717, 1.165) is 28.2 Å². The normalized spacial score (nSPS) is 11.6. The second-order valence-corrected chi connectivity index (χ2v) is 5.08. The van der Waals surface area contributed by atoms with Crippen molar-refractivity contribution >= 4 is 11.0 Å². The third-order valence-corrected chi connectivity index (χ3v) is 3.21. The zero-order chi connectivity index (χ0) is 13.6. The van der Waals surface area contributed by atoms with Crippen LogP contribution in [0.25, 0.3) is 22.4 Å². The topological polar surface area (TPSA) is 48.5 Å². The largest absolute Gasteiger partial charge is 0.334 e. The molecule has 0 saturated heterocycles. The van der Waals surface area contributed by atoms with Gasteiger partial charge in [-0.1, -0.05) is 0 Å². The van der Waals surface area contributed by atoms with E-state index in [4.69, 9.17) is 0 Å². The van der Waals surface area contributed by atoms with E-state index >= 15 is 0 Å². The first-order valence-corrected chi connectivity index (χ1v) is 6.41. The Balaban J connectivity index is 2.18. The van der Waals surface area contributed by atoms with Crippen LogP contribution in [-0.2, 0) is 7.05 Å². The Labute approximate surface area is 111 Å². The van der Waals surface area contributed by atoms with Gasteiger partial charge in [0.1, 0.15) is 5.82 Å². The lowest BCUT2D eigenvalue weighted by Crippen LogP contribution is -2.05. The summed E-state index contributed by atoms with van der Waals surface area (Å²) in [6.45, 7) is 6.13. The van der Waals surface area contributed by atoms with Gasteiger partial charge in [-0.2, -0.15) is 5.10 Å². The first-order chi connectivity index (χ1) is 9.06. The molecule has 1 aromatic carbocycles. The molecule has 3 aromatic rings. The number of aryl methyl sites for hydroxylation is 2. The molecule has 0 aliphatic carbocycles. The summed E-state index contributed by atoms with van der Waals surface area (Å²) in [4.78, 5) is 8.92. The fraction of sp³-hybridized carbons (Fsp3) is 0.357. The Morgan fingerprint density at radius 2 is 2.00 bits per heavy atom. The van der Waals surface area contributed by atoms with Gasteiger partial charge in [0.25, 0.3) is 0 Å². The van der Waals surface area contributed by atoms with E-state index in [1.165, 1.54) is 0 Å². The molecule has 2 heterocycles. The lowest BCUT2D eigenvalue weighted by atomic mass is 10.2. The number of benzene rings is 1. The second kappa shape index (κ2) is 4.19. The molecular weight excluding hydrogens is 238 g/mol. The highest BCUT2D eigenvalue weighted by molar-refractivity contribution is 5.80. The van der Waals surface area contributed by atoms with Crippen LogP contribution in [0.1, 0.15) is 25.7 Å². The molecule has 5 heteroatoms. The number of rotatable bonds is 2.